The first-order valence-corrected chi connectivity index (χ1v) is 3.73. The smallest absolute Gasteiger partial charge is 0.0990 e. The first-order valence-electron chi connectivity index (χ1n) is 3.73. The number of nitrogens with zero attached hydrogens (tertiary/aromatic N) is 1. The van der Waals surface area contributed by atoms with E-state index in [1.54, 1.807) is 0 Å². The molecule has 1 aliphatic rings. The Balaban J connectivity index is 1.98. The van der Waals surface area contributed by atoms with Crippen molar-refractivity contribution in [3.63, 3.8) is 0 Å². The van der Waals surface area contributed by atoms with Crippen molar-refractivity contribution in [2.45, 2.75) is 19.8 Å². The lowest BCUT2D eigenvalue weighted by Crippen LogP contribution is -2.22. The molecule has 9 heavy (non-hydrogen) atoms. The molecular formula is C7H15NO. The van der Waals surface area contributed by atoms with Crippen LogP contribution in [0.25, 0.3) is 0 Å². The Labute approximate surface area is 56.8 Å². The average Bonchev–Trinajstić information content (AvgIpc) is 2.34. The summed E-state index contributed by atoms with van der Waals surface area (Å²) in [6, 6.07) is 0. The van der Waals surface area contributed by atoms with Crippen molar-refractivity contribution in [3.8, 4) is 0 Å². The third-order valence-electron chi connectivity index (χ3n) is 1.68. The molecule has 0 aliphatic carbocycles. The van der Waals surface area contributed by atoms with Gasteiger partial charge in [-0.2, -0.15) is 0 Å². The Morgan fingerprint density at radius 2 is 2.00 bits per heavy atom. The molecule has 0 aromatic rings. The van der Waals surface area contributed by atoms with Gasteiger partial charge in [-0.3, -0.25) is 4.90 Å². The maximum absolute atomic E-state index is 5.24. The molecule has 1 rings (SSSR count). The van der Waals surface area contributed by atoms with E-state index in [4.69, 9.17) is 4.74 Å². The van der Waals surface area contributed by atoms with Crippen LogP contribution in [0.2, 0.25) is 0 Å². The topological polar surface area (TPSA) is 12.5 Å². The highest BCUT2D eigenvalue weighted by atomic mass is 16.5. The molecule has 0 aromatic carbocycles. The molecule has 0 N–H and O–H groups in total. The molecular weight excluding hydrogens is 114 g/mol. The molecule has 0 spiro atoms. The molecule has 2 heteroatoms. The van der Waals surface area contributed by atoms with E-state index in [1.165, 1.54) is 25.9 Å². The second kappa shape index (κ2) is 3.85. The largest absolute Gasteiger partial charge is 0.366 e. The van der Waals surface area contributed by atoms with Crippen LogP contribution in [-0.4, -0.2) is 31.3 Å². The summed E-state index contributed by atoms with van der Waals surface area (Å²) in [6.45, 7) is 6.20. The van der Waals surface area contributed by atoms with Crippen LogP contribution >= 0.6 is 0 Å². The minimum Gasteiger partial charge on any atom is -0.366 e. The molecule has 0 bridgehead atoms. The van der Waals surface area contributed by atoms with Crippen LogP contribution in [-0.2, 0) is 4.74 Å². The van der Waals surface area contributed by atoms with E-state index in [-0.39, 0.29) is 0 Å². The fourth-order valence-electron chi connectivity index (χ4n) is 1.13. The van der Waals surface area contributed by atoms with Crippen molar-refractivity contribution in [1.82, 2.24) is 4.90 Å². The highest BCUT2D eigenvalue weighted by molar-refractivity contribution is 4.61. The van der Waals surface area contributed by atoms with E-state index in [0.29, 0.717) is 0 Å². The minimum absolute atomic E-state index is 0.844. The zero-order chi connectivity index (χ0) is 6.53. The molecule has 0 unspecified atom stereocenters. The summed E-state index contributed by atoms with van der Waals surface area (Å²) in [6.07, 6.45) is 2.71. The van der Waals surface area contributed by atoms with Gasteiger partial charge in [-0.1, -0.05) is 0 Å². The Kier molecular flexibility index (Phi) is 3.01. The van der Waals surface area contributed by atoms with Crippen LogP contribution < -0.4 is 0 Å². The van der Waals surface area contributed by atoms with Crippen molar-refractivity contribution in [2.75, 3.05) is 26.4 Å². The van der Waals surface area contributed by atoms with Gasteiger partial charge in [0.15, 0.2) is 0 Å². The van der Waals surface area contributed by atoms with E-state index < -0.39 is 0 Å². The molecule has 0 radical (unpaired) electrons. The van der Waals surface area contributed by atoms with Crippen molar-refractivity contribution >= 4 is 0 Å². The van der Waals surface area contributed by atoms with Gasteiger partial charge in [0.05, 0.1) is 6.73 Å². The lowest BCUT2D eigenvalue weighted by molar-refractivity contribution is 0.0496. The monoisotopic (exact) mass is 129 g/mol. The van der Waals surface area contributed by atoms with Gasteiger partial charge < -0.3 is 4.74 Å². The summed E-state index contributed by atoms with van der Waals surface area (Å²) in [7, 11) is 0. The summed E-state index contributed by atoms with van der Waals surface area (Å²) < 4.78 is 5.24. The third kappa shape index (κ3) is 2.33. The third-order valence-corrected chi connectivity index (χ3v) is 1.68. The summed E-state index contributed by atoms with van der Waals surface area (Å²) in [5.74, 6) is 0. The Bertz CT molecular complexity index is 69.3. The van der Waals surface area contributed by atoms with Gasteiger partial charge in [0.25, 0.3) is 0 Å². The SMILES string of the molecule is CCOCN1CCCC1. The maximum atomic E-state index is 5.24. The molecule has 1 heterocycles. The van der Waals surface area contributed by atoms with Crippen molar-refractivity contribution in [3.05, 3.63) is 0 Å². The number of rotatable bonds is 3. The number of hydrogen-bond donors (Lipinski definition) is 0. The summed E-state index contributed by atoms with van der Waals surface area (Å²) in [4.78, 5) is 2.35. The molecule has 1 fully saturated rings. The van der Waals surface area contributed by atoms with Crippen molar-refractivity contribution in [2.24, 2.45) is 0 Å². The Hall–Kier alpha value is -0.0800. The first kappa shape index (κ1) is 7.03. The zero-order valence-electron chi connectivity index (χ0n) is 6.10. The predicted octanol–water partition coefficient (Wildman–Crippen LogP) is 1.08. The van der Waals surface area contributed by atoms with Crippen molar-refractivity contribution < 1.29 is 4.74 Å². The van der Waals surface area contributed by atoms with Crippen molar-refractivity contribution in [1.29, 1.82) is 0 Å². The highest BCUT2D eigenvalue weighted by Crippen LogP contribution is 2.05. The summed E-state index contributed by atoms with van der Waals surface area (Å²) in [5.41, 5.74) is 0. The van der Waals surface area contributed by atoms with Gasteiger partial charge in [-0.15, -0.1) is 0 Å². The molecule has 1 aliphatic heterocycles. The molecule has 2 nitrogen and oxygen atoms in total. The molecule has 0 saturated carbocycles. The van der Waals surface area contributed by atoms with Gasteiger partial charge in [-0.25, -0.2) is 0 Å². The van der Waals surface area contributed by atoms with Gasteiger partial charge in [0, 0.05) is 19.7 Å². The fourth-order valence-corrected chi connectivity index (χ4v) is 1.13. The summed E-state index contributed by atoms with van der Waals surface area (Å²) >= 11 is 0. The normalized spacial score (nSPS) is 21.0. The Morgan fingerprint density at radius 3 is 2.56 bits per heavy atom. The molecule has 1 saturated heterocycles. The quantitative estimate of drug-likeness (QED) is 0.565. The molecule has 0 amide bonds. The molecule has 0 atom stereocenters. The van der Waals surface area contributed by atoms with Crippen LogP contribution in [0.5, 0.6) is 0 Å². The van der Waals surface area contributed by atoms with E-state index in [0.717, 1.165) is 13.3 Å². The molecule has 54 valence electrons. The average molecular weight is 129 g/mol. The zero-order valence-corrected chi connectivity index (χ0v) is 6.10. The second-order valence-corrected chi connectivity index (χ2v) is 2.45. The minimum atomic E-state index is 0.844. The molecule has 0 aromatic heterocycles. The lowest BCUT2D eigenvalue weighted by Gasteiger charge is -2.12. The number of ether oxygens (including phenoxy) is 1. The van der Waals surface area contributed by atoms with Crippen LogP contribution in [0.1, 0.15) is 19.8 Å². The number of hydrogen-bond acceptors (Lipinski definition) is 2. The fraction of sp³-hybridized carbons (Fsp3) is 1.00. The van der Waals surface area contributed by atoms with Gasteiger partial charge >= 0.3 is 0 Å². The second-order valence-electron chi connectivity index (χ2n) is 2.45. The van der Waals surface area contributed by atoms with Crippen LogP contribution in [0.15, 0.2) is 0 Å². The van der Waals surface area contributed by atoms with Crippen LogP contribution in [0.3, 0.4) is 0 Å². The van der Waals surface area contributed by atoms with E-state index in [1.807, 2.05) is 6.92 Å². The maximum Gasteiger partial charge on any atom is 0.0990 e. The van der Waals surface area contributed by atoms with E-state index in [9.17, 15) is 0 Å². The van der Waals surface area contributed by atoms with Crippen LogP contribution in [0.4, 0.5) is 0 Å². The van der Waals surface area contributed by atoms with Crippen LogP contribution in [0, 0.1) is 0 Å². The van der Waals surface area contributed by atoms with E-state index in [2.05, 4.69) is 4.90 Å². The lowest BCUT2D eigenvalue weighted by atomic mass is 10.4. The number of likely N-dealkylation sites (tertiary alicyclic amines) is 1. The highest BCUT2D eigenvalue weighted by Gasteiger charge is 2.09. The standard InChI is InChI=1S/C7H15NO/c1-2-9-7-8-5-3-4-6-8/h2-7H2,1H3. The summed E-state index contributed by atoms with van der Waals surface area (Å²) in [5, 5.41) is 0. The first-order chi connectivity index (χ1) is 4.43. The van der Waals surface area contributed by atoms with Gasteiger partial charge in [0.2, 0.25) is 0 Å². The van der Waals surface area contributed by atoms with Gasteiger partial charge in [-0.05, 0) is 19.8 Å². The predicted molar refractivity (Wildman–Crippen MR) is 37.3 cm³/mol. The van der Waals surface area contributed by atoms with E-state index >= 15 is 0 Å². The van der Waals surface area contributed by atoms with Gasteiger partial charge in [0.1, 0.15) is 0 Å². The Morgan fingerprint density at radius 1 is 1.33 bits per heavy atom.